The van der Waals surface area contributed by atoms with Gasteiger partial charge in [0.2, 0.25) is 5.95 Å². The molecule has 1 fully saturated rings. The molecule has 1 aromatic heterocycles. The first kappa shape index (κ1) is 14.8. The van der Waals surface area contributed by atoms with Gasteiger partial charge in [-0.15, -0.1) is 0 Å². The van der Waals surface area contributed by atoms with E-state index in [1.807, 2.05) is 25.4 Å². The van der Waals surface area contributed by atoms with Crippen molar-refractivity contribution >= 4 is 12.2 Å². The number of imidazole rings is 1. The predicted octanol–water partition coefficient (Wildman–Crippen LogP) is 2.64. The molecule has 3 rings (SSSR count). The van der Waals surface area contributed by atoms with Crippen LogP contribution in [0.3, 0.4) is 0 Å². The molecule has 1 aliphatic rings. The molecule has 22 heavy (non-hydrogen) atoms. The van der Waals surface area contributed by atoms with E-state index in [1.54, 1.807) is 4.68 Å². The van der Waals surface area contributed by atoms with Gasteiger partial charge < -0.3 is 5.73 Å². The molecular weight excluding hydrogens is 274 g/mol. The third-order valence-corrected chi connectivity index (χ3v) is 4.05. The van der Waals surface area contributed by atoms with Crippen LogP contribution in [-0.2, 0) is 6.54 Å². The number of rotatable bonds is 4. The quantitative estimate of drug-likeness (QED) is 0.883. The zero-order valence-electron chi connectivity index (χ0n) is 13.1. The fourth-order valence-corrected chi connectivity index (χ4v) is 2.88. The molecular formula is C17H23N5. The smallest absolute Gasteiger partial charge is 0.221 e. The monoisotopic (exact) mass is 297 g/mol. The number of anilines is 1. The van der Waals surface area contributed by atoms with E-state index < -0.39 is 0 Å². The van der Waals surface area contributed by atoms with Gasteiger partial charge in [0.05, 0.1) is 18.1 Å². The zero-order chi connectivity index (χ0) is 15.4. The highest BCUT2D eigenvalue weighted by atomic mass is 15.4. The molecule has 0 amide bonds. The second-order valence-electron chi connectivity index (χ2n) is 5.87. The van der Waals surface area contributed by atoms with E-state index in [0.717, 1.165) is 17.8 Å². The number of piperidine rings is 1. The summed E-state index contributed by atoms with van der Waals surface area (Å²) in [6.45, 7) is 5.28. The van der Waals surface area contributed by atoms with Gasteiger partial charge in [0.1, 0.15) is 0 Å². The van der Waals surface area contributed by atoms with Crippen molar-refractivity contribution in [3.8, 4) is 0 Å². The highest BCUT2D eigenvalue weighted by molar-refractivity contribution is 5.81. The van der Waals surface area contributed by atoms with E-state index >= 15 is 0 Å². The van der Waals surface area contributed by atoms with Gasteiger partial charge >= 0.3 is 0 Å². The number of nitrogen functional groups attached to an aromatic ring is 1. The van der Waals surface area contributed by atoms with Gasteiger partial charge in [-0.3, -0.25) is 4.90 Å². The number of aromatic nitrogens is 2. The van der Waals surface area contributed by atoms with E-state index in [2.05, 4.69) is 33.2 Å². The minimum absolute atomic E-state index is 0.419. The fraction of sp³-hybridized carbons (Fsp3) is 0.412. The van der Waals surface area contributed by atoms with E-state index in [-0.39, 0.29) is 0 Å². The molecule has 116 valence electrons. The molecule has 1 aliphatic heterocycles. The lowest BCUT2D eigenvalue weighted by Gasteiger charge is -2.26. The Labute approximate surface area is 131 Å². The minimum Gasteiger partial charge on any atom is -0.368 e. The fourth-order valence-electron chi connectivity index (χ4n) is 2.88. The largest absolute Gasteiger partial charge is 0.368 e. The van der Waals surface area contributed by atoms with E-state index in [1.165, 1.54) is 37.9 Å². The molecule has 0 unspecified atom stereocenters. The van der Waals surface area contributed by atoms with Gasteiger partial charge in [-0.2, -0.15) is 5.10 Å². The van der Waals surface area contributed by atoms with Crippen LogP contribution in [-0.4, -0.2) is 33.9 Å². The maximum atomic E-state index is 5.82. The predicted molar refractivity (Wildman–Crippen MR) is 89.9 cm³/mol. The molecule has 0 spiro atoms. The summed E-state index contributed by atoms with van der Waals surface area (Å²) in [6.07, 6.45) is 7.68. The van der Waals surface area contributed by atoms with Gasteiger partial charge in [0, 0.05) is 6.54 Å². The third kappa shape index (κ3) is 3.54. The van der Waals surface area contributed by atoms with Crippen LogP contribution in [0.2, 0.25) is 0 Å². The molecule has 1 saturated heterocycles. The topological polar surface area (TPSA) is 59.4 Å². The van der Waals surface area contributed by atoms with Gasteiger partial charge in [-0.05, 0) is 44.0 Å². The first-order valence-corrected chi connectivity index (χ1v) is 7.88. The molecule has 5 nitrogen and oxygen atoms in total. The molecule has 2 N–H and O–H groups in total. The highest BCUT2D eigenvalue weighted by Crippen LogP contribution is 2.15. The molecule has 1 aromatic carbocycles. The maximum Gasteiger partial charge on any atom is 0.221 e. The summed E-state index contributed by atoms with van der Waals surface area (Å²) >= 11 is 0. The lowest BCUT2D eigenvalue weighted by Crippen LogP contribution is -2.29. The van der Waals surface area contributed by atoms with Crippen LogP contribution in [0.25, 0.3) is 0 Å². The highest BCUT2D eigenvalue weighted by Gasteiger charge is 2.11. The number of likely N-dealkylation sites (tertiary alicyclic amines) is 1. The van der Waals surface area contributed by atoms with Crippen LogP contribution in [0.15, 0.2) is 35.6 Å². The number of hydrogen-bond donors (Lipinski definition) is 1. The molecule has 0 bridgehead atoms. The molecule has 2 aromatic rings. The summed E-state index contributed by atoms with van der Waals surface area (Å²) in [7, 11) is 0. The Kier molecular flexibility index (Phi) is 4.53. The van der Waals surface area contributed by atoms with Crippen molar-refractivity contribution in [3.63, 3.8) is 0 Å². The number of benzene rings is 1. The average molecular weight is 297 g/mol. The van der Waals surface area contributed by atoms with Crippen LogP contribution in [0.4, 0.5) is 5.95 Å². The van der Waals surface area contributed by atoms with Crippen LogP contribution in [0, 0.1) is 6.92 Å². The van der Waals surface area contributed by atoms with Gasteiger partial charge in [0.15, 0.2) is 0 Å². The van der Waals surface area contributed by atoms with Gasteiger partial charge in [-0.1, -0.05) is 30.7 Å². The van der Waals surface area contributed by atoms with Crippen LogP contribution >= 0.6 is 0 Å². The molecule has 5 heteroatoms. The molecule has 0 aliphatic carbocycles. The molecule has 0 saturated carbocycles. The average Bonchev–Trinajstić information content (AvgIpc) is 2.85. The summed E-state index contributed by atoms with van der Waals surface area (Å²) in [4.78, 5) is 6.68. The molecule has 0 atom stereocenters. The van der Waals surface area contributed by atoms with Gasteiger partial charge in [-0.25, -0.2) is 9.66 Å². The SMILES string of the molecule is Cc1cn(N=Cc2ccccc2CN2CCCCC2)c(N)n1. The molecule has 0 radical (unpaired) electrons. The Hall–Kier alpha value is -2.14. The number of nitrogens with two attached hydrogens (primary N) is 1. The zero-order valence-corrected chi connectivity index (χ0v) is 13.1. The van der Waals surface area contributed by atoms with Crippen molar-refractivity contribution in [3.05, 3.63) is 47.3 Å². The van der Waals surface area contributed by atoms with Crippen molar-refractivity contribution in [2.45, 2.75) is 32.7 Å². The maximum absolute atomic E-state index is 5.82. The second-order valence-corrected chi connectivity index (χ2v) is 5.87. The second kappa shape index (κ2) is 6.75. The van der Waals surface area contributed by atoms with Crippen molar-refractivity contribution in [1.29, 1.82) is 0 Å². The van der Waals surface area contributed by atoms with Gasteiger partial charge in [0.25, 0.3) is 0 Å². The number of hydrogen-bond acceptors (Lipinski definition) is 4. The third-order valence-electron chi connectivity index (χ3n) is 4.05. The van der Waals surface area contributed by atoms with E-state index in [4.69, 9.17) is 5.73 Å². The summed E-state index contributed by atoms with van der Waals surface area (Å²) in [5.41, 5.74) is 9.14. The standard InChI is InChI=1S/C17H23N5/c1-14-12-22(17(18)20-14)19-11-15-7-3-4-8-16(15)13-21-9-5-2-6-10-21/h3-4,7-8,11-12H,2,5-6,9-10,13H2,1H3,(H2,18,20). The Bertz CT molecular complexity index is 653. The summed E-state index contributed by atoms with van der Waals surface area (Å²) in [5.74, 6) is 0.419. The minimum atomic E-state index is 0.419. The van der Waals surface area contributed by atoms with Crippen molar-refractivity contribution < 1.29 is 0 Å². The summed E-state index contributed by atoms with van der Waals surface area (Å²) < 4.78 is 1.62. The van der Waals surface area contributed by atoms with Crippen LogP contribution < -0.4 is 5.73 Å². The first-order valence-electron chi connectivity index (χ1n) is 7.88. The van der Waals surface area contributed by atoms with Crippen molar-refractivity contribution in [2.75, 3.05) is 18.8 Å². The molecule has 2 heterocycles. The van der Waals surface area contributed by atoms with Crippen molar-refractivity contribution in [2.24, 2.45) is 5.10 Å². The summed E-state index contributed by atoms with van der Waals surface area (Å²) in [5, 5.41) is 4.44. The Morgan fingerprint density at radius 1 is 1.23 bits per heavy atom. The number of nitrogens with zero attached hydrogens (tertiary/aromatic N) is 4. The summed E-state index contributed by atoms with van der Waals surface area (Å²) in [6, 6.07) is 8.41. The number of aryl methyl sites for hydroxylation is 1. The van der Waals surface area contributed by atoms with E-state index in [0.29, 0.717) is 5.95 Å². The Balaban J connectivity index is 1.77. The van der Waals surface area contributed by atoms with Crippen LogP contribution in [0.5, 0.6) is 0 Å². The Morgan fingerprint density at radius 2 is 2.00 bits per heavy atom. The van der Waals surface area contributed by atoms with Crippen LogP contribution in [0.1, 0.15) is 36.1 Å². The normalized spacial score (nSPS) is 16.4. The lowest BCUT2D eigenvalue weighted by molar-refractivity contribution is 0.221. The van der Waals surface area contributed by atoms with Crippen molar-refractivity contribution in [1.82, 2.24) is 14.6 Å². The van der Waals surface area contributed by atoms with E-state index in [9.17, 15) is 0 Å². The Morgan fingerprint density at radius 3 is 2.73 bits per heavy atom. The first-order chi connectivity index (χ1) is 10.7. The lowest BCUT2D eigenvalue weighted by atomic mass is 10.1.